The minimum Gasteiger partial charge on any atom is -0.450 e. The maximum atomic E-state index is 11.6. The number of piperazine rings is 1. The van der Waals surface area contributed by atoms with E-state index in [1.165, 1.54) is 6.92 Å². The summed E-state index contributed by atoms with van der Waals surface area (Å²) in [7, 11) is 0. The molecule has 0 N–H and O–H groups in total. The monoisotopic (exact) mass is 242 g/mol. The van der Waals surface area contributed by atoms with Crippen molar-refractivity contribution in [1.82, 2.24) is 9.80 Å². The molecule has 0 radical (unpaired) electrons. The molecule has 1 rings (SSSR count). The van der Waals surface area contributed by atoms with Crippen LogP contribution in [0, 0.1) is 0 Å². The number of carbonyl (C=O) groups is 3. The van der Waals surface area contributed by atoms with E-state index in [1.54, 1.807) is 16.7 Å². The third-order valence-electron chi connectivity index (χ3n) is 2.56. The maximum Gasteiger partial charge on any atom is 0.409 e. The van der Waals surface area contributed by atoms with Gasteiger partial charge in [-0.2, -0.15) is 0 Å². The Morgan fingerprint density at radius 1 is 1.06 bits per heavy atom. The van der Waals surface area contributed by atoms with Crippen LogP contribution in [0.1, 0.15) is 20.3 Å². The summed E-state index contributed by atoms with van der Waals surface area (Å²) in [5.74, 6) is -0.302. The van der Waals surface area contributed by atoms with E-state index in [9.17, 15) is 14.4 Å². The van der Waals surface area contributed by atoms with Gasteiger partial charge in [0.15, 0.2) is 0 Å². The van der Waals surface area contributed by atoms with Crippen molar-refractivity contribution in [3.63, 3.8) is 0 Å². The molecule has 6 heteroatoms. The minimum atomic E-state index is -0.342. The summed E-state index contributed by atoms with van der Waals surface area (Å²) in [5, 5.41) is 0. The van der Waals surface area contributed by atoms with Gasteiger partial charge in [-0.25, -0.2) is 4.79 Å². The number of ether oxygens (including phenoxy) is 1. The smallest absolute Gasteiger partial charge is 0.409 e. The topological polar surface area (TPSA) is 66.9 Å². The molecular weight excluding hydrogens is 224 g/mol. The predicted octanol–water partition coefficient (Wildman–Crippen LogP) is 0.266. The zero-order valence-electron chi connectivity index (χ0n) is 10.3. The molecule has 6 nitrogen and oxygen atoms in total. The summed E-state index contributed by atoms with van der Waals surface area (Å²) in [6.45, 7) is 5.35. The molecule has 1 fully saturated rings. The molecule has 0 aromatic carbocycles. The summed E-state index contributed by atoms with van der Waals surface area (Å²) in [6.07, 6.45) is -0.398. The highest BCUT2D eigenvalue weighted by Crippen LogP contribution is 2.05. The zero-order chi connectivity index (χ0) is 12.8. The largest absolute Gasteiger partial charge is 0.450 e. The Balaban J connectivity index is 2.37. The van der Waals surface area contributed by atoms with Gasteiger partial charge in [0.1, 0.15) is 5.78 Å². The Hall–Kier alpha value is -1.59. The van der Waals surface area contributed by atoms with Gasteiger partial charge in [0.25, 0.3) is 0 Å². The van der Waals surface area contributed by atoms with Crippen molar-refractivity contribution in [1.29, 1.82) is 0 Å². The normalized spacial score (nSPS) is 15.6. The summed E-state index contributed by atoms with van der Waals surface area (Å²) >= 11 is 0. The van der Waals surface area contributed by atoms with Gasteiger partial charge in [-0.05, 0) is 13.8 Å². The standard InChI is InChI=1S/C11H18N2O4/c1-3-17-11(16)13-6-4-12(5-7-13)10(15)8-9(2)14/h3-8H2,1-2H3. The molecule has 1 aliphatic heterocycles. The molecule has 0 bridgehead atoms. The Labute approximate surface area is 101 Å². The summed E-state index contributed by atoms with van der Waals surface area (Å²) < 4.78 is 4.87. The van der Waals surface area contributed by atoms with Crippen molar-refractivity contribution < 1.29 is 19.1 Å². The van der Waals surface area contributed by atoms with Crippen molar-refractivity contribution >= 4 is 17.8 Å². The first kappa shape index (κ1) is 13.5. The van der Waals surface area contributed by atoms with Crippen LogP contribution in [-0.2, 0) is 14.3 Å². The van der Waals surface area contributed by atoms with Crippen LogP contribution in [0.25, 0.3) is 0 Å². The lowest BCUT2D eigenvalue weighted by Gasteiger charge is -2.33. The summed E-state index contributed by atoms with van der Waals surface area (Å²) in [5.41, 5.74) is 0. The Bertz CT molecular complexity index is 309. The van der Waals surface area contributed by atoms with Crippen LogP contribution in [-0.4, -0.2) is 60.4 Å². The number of hydrogen-bond donors (Lipinski definition) is 0. The van der Waals surface area contributed by atoms with Gasteiger partial charge in [0.2, 0.25) is 5.91 Å². The number of rotatable bonds is 3. The number of nitrogens with zero attached hydrogens (tertiary/aromatic N) is 2. The maximum absolute atomic E-state index is 11.6. The van der Waals surface area contributed by atoms with Crippen LogP contribution in [0.2, 0.25) is 0 Å². The minimum absolute atomic E-state index is 0.0561. The van der Waals surface area contributed by atoms with E-state index in [1.807, 2.05) is 0 Å². The van der Waals surface area contributed by atoms with Crippen LogP contribution in [0.15, 0.2) is 0 Å². The molecule has 1 aliphatic rings. The molecule has 17 heavy (non-hydrogen) atoms. The molecule has 1 heterocycles. The lowest BCUT2D eigenvalue weighted by atomic mass is 10.2. The highest BCUT2D eigenvalue weighted by molar-refractivity contribution is 5.96. The molecule has 96 valence electrons. The molecule has 0 saturated carbocycles. The number of hydrogen-bond acceptors (Lipinski definition) is 4. The van der Waals surface area contributed by atoms with Crippen molar-refractivity contribution in [2.45, 2.75) is 20.3 Å². The molecule has 2 amide bonds. The van der Waals surface area contributed by atoms with Crippen LogP contribution in [0.3, 0.4) is 0 Å². The second-order valence-corrected chi connectivity index (χ2v) is 3.95. The lowest BCUT2D eigenvalue weighted by Crippen LogP contribution is -2.51. The Morgan fingerprint density at radius 3 is 2.06 bits per heavy atom. The number of amides is 2. The van der Waals surface area contributed by atoms with E-state index in [4.69, 9.17) is 4.74 Å². The van der Waals surface area contributed by atoms with E-state index >= 15 is 0 Å². The predicted molar refractivity (Wildman–Crippen MR) is 60.5 cm³/mol. The van der Waals surface area contributed by atoms with Gasteiger partial charge in [-0.3, -0.25) is 9.59 Å². The number of carbonyl (C=O) groups excluding carboxylic acids is 3. The van der Waals surface area contributed by atoms with E-state index in [0.717, 1.165) is 0 Å². The van der Waals surface area contributed by atoms with E-state index in [0.29, 0.717) is 32.8 Å². The molecular formula is C11H18N2O4. The van der Waals surface area contributed by atoms with Crippen molar-refractivity contribution in [2.75, 3.05) is 32.8 Å². The fraction of sp³-hybridized carbons (Fsp3) is 0.727. The van der Waals surface area contributed by atoms with Crippen LogP contribution >= 0.6 is 0 Å². The zero-order valence-corrected chi connectivity index (χ0v) is 10.3. The Kier molecular flexibility index (Phi) is 4.93. The van der Waals surface area contributed by atoms with Crippen molar-refractivity contribution in [3.05, 3.63) is 0 Å². The highest BCUT2D eigenvalue weighted by atomic mass is 16.6. The fourth-order valence-corrected chi connectivity index (χ4v) is 1.68. The fourth-order valence-electron chi connectivity index (χ4n) is 1.68. The van der Waals surface area contributed by atoms with Gasteiger partial charge in [0, 0.05) is 26.2 Å². The van der Waals surface area contributed by atoms with E-state index in [2.05, 4.69) is 0 Å². The lowest BCUT2D eigenvalue weighted by molar-refractivity contribution is -0.136. The number of ketones is 1. The van der Waals surface area contributed by atoms with E-state index < -0.39 is 0 Å². The van der Waals surface area contributed by atoms with Crippen LogP contribution in [0.5, 0.6) is 0 Å². The highest BCUT2D eigenvalue weighted by Gasteiger charge is 2.24. The SMILES string of the molecule is CCOC(=O)N1CCN(C(=O)CC(C)=O)CC1. The summed E-state index contributed by atoms with van der Waals surface area (Å²) in [6, 6.07) is 0. The molecule has 0 spiro atoms. The van der Waals surface area contributed by atoms with Crippen LogP contribution in [0.4, 0.5) is 4.79 Å². The third-order valence-corrected chi connectivity index (χ3v) is 2.56. The van der Waals surface area contributed by atoms with Gasteiger partial charge < -0.3 is 14.5 Å². The molecule has 0 unspecified atom stereocenters. The third kappa shape index (κ3) is 4.05. The second-order valence-electron chi connectivity index (χ2n) is 3.95. The first-order valence-corrected chi connectivity index (χ1v) is 5.73. The quantitative estimate of drug-likeness (QED) is 0.666. The molecule has 0 aromatic rings. The second kappa shape index (κ2) is 6.22. The van der Waals surface area contributed by atoms with Gasteiger partial charge >= 0.3 is 6.09 Å². The summed E-state index contributed by atoms with van der Waals surface area (Å²) in [4.78, 5) is 37.0. The van der Waals surface area contributed by atoms with E-state index in [-0.39, 0.29) is 24.2 Å². The number of Topliss-reactive ketones (excluding diaryl/α,β-unsaturated/α-hetero) is 1. The van der Waals surface area contributed by atoms with Gasteiger partial charge in [-0.1, -0.05) is 0 Å². The molecule has 0 atom stereocenters. The molecule has 0 aromatic heterocycles. The average molecular weight is 242 g/mol. The first-order chi connectivity index (χ1) is 8.04. The molecule has 0 aliphatic carbocycles. The van der Waals surface area contributed by atoms with Gasteiger partial charge in [0.05, 0.1) is 13.0 Å². The van der Waals surface area contributed by atoms with Crippen LogP contribution < -0.4 is 0 Å². The Morgan fingerprint density at radius 2 is 1.59 bits per heavy atom. The van der Waals surface area contributed by atoms with Crippen molar-refractivity contribution in [3.8, 4) is 0 Å². The average Bonchev–Trinajstić information content (AvgIpc) is 2.28. The van der Waals surface area contributed by atoms with Gasteiger partial charge in [-0.15, -0.1) is 0 Å². The van der Waals surface area contributed by atoms with Crippen molar-refractivity contribution in [2.24, 2.45) is 0 Å². The molecule has 1 saturated heterocycles. The first-order valence-electron chi connectivity index (χ1n) is 5.73.